The van der Waals surface area contributed by atoms with Crippen LogP contribution in [0, 0.1) is 17.8 Å². The smallest absolute Gasteiger partial charge is 0.349 e. The number of aliphatic hydroxyl groups excluding tert-OH is 1. The molecule has 1 saturated heterocycles. The van der Waals surface area contributed by atoms with Crippen LogP contribution in [0.5, 0.6) is 0 Å². The maximum absolute atomic E-state index is 9.97. The zero-order chi connectivity index (χ0) is 21.2. The molecule has 1 aliphatic heterocycles. The van der Waals surface area contributed by atoms with Crippen LogP contribution in [0.4, 0.5) is 0 Å². The van der Waals surface area contributed by atoms with Gasteiger partial charge in [-0.05, 0) is 29.8 Å². The Morgan fingerprint density at radius 1 is 1.04 bits per heavy atom. The average molecular weight is 511 g/mol. The highest BCUT2D eigenvalue weighted by molar-refractivity contribution is 14.1. The largest absolute Gasteiger partial charge is 0.396 e. The van der Waals surface area contributed by atoms with Gasteiger partial charge in [0.05, 0.1) is 12.2 Å². The van der Waals surface area contributed by atoms with E-state index in [-0.39, 0.29) is 34.8 Å². The highest BCUT2D eigenvalue weighted by atomic mass is 127. The first-order valence-electron chi connectivity index (χ1n) is 10.5. The van der Waals surface area contributed by atoms with Crippen LogP contribution >= 0.6 is 22.6 Å². The molecule has 1 rings (SSSR count). The zero-order valence-electron chi connectivity index (χ0n) is 19.2. The number of allylic oxidation sites excluding steroid dienone is 1. The lowest BCUT2D eigenvalue weighted by Gasteiger charge is -2.59. The van der Waals surface area contributed by atoms with Gasteiger partial charge in [0.1, 0.15) is 0 Å². The second-order valence-corrected chi connectivity index (χ2v) is 16.0. The Hall–Kier alpha value is 0.567. The minimum atomic E-state index is -2.61. The van der Waals surface area contributed by atoms with E-state index >= 15 is 0 Å². The van der Waals surface area contributed by atoms with Crippen molar-refractivity contribution in [2.24, 2.45) is 17.8 Å². The Balaban J connectivity index is 3.49. The molecule has 3 nitrogen and oxygen atoms in total. The molecule has 27 heavy (non-hydrogen) atoms. The minimum Gasteiger partial charge on any atom is -0.396 e. The second kappa shape index (κ2) is 9.58. The molecule has 0 radical (unpaired) electrons. The van der Waals surface area contributed by atoms with Crippen molar-refractivity contribution < 1.29 is 14.0 Å². The van der Waals surface area contributed by atoms with Crippen LogP contribution < -0.4 is 0 Å². The molecule has 5 heteroatoms. The van der Waals surface area contributed by atoms with E-state index < -0.39 is 8.56 Å². The van der Waals surface area contributed by atoms with E-state index in [1.54, 1.807) is 0 Å². The lowest BCUT2D eigenvalue weighted by atomic mass is 9.80. The normalized spacial score (nSPS) is 29.5. The van der Waals surface area contributed by atoms with Gasteiger partial charge in [-0.1, -0.05) is 90.5 Å². The third kappa shape index (κ3) is 5.38. The van der Waals surface area contributed by atoms with E-state index in [0.29, 0.717) is 11.8 Å². The lowest BCUT2D eigenvalue weighted by molar-refractivity contribution is -0.114. The average Bonchev–Trinajstić information content (AvgIpc) is 2.57. The highest BCUT2D eigenvalue weighted by Crippen LogP contribution is 2.57. The van der Waals surface area contributed by atoms with E-state index in [0.717, 1.165) is 12.8 Å². The summed E-state index contributed by atoms with van der Waals surface area (Å²) in [5.74, 6) is 0.857. The summed E-state index contributed by atoms with van der Waals surface area (Å²) in [7, 11) is -2.61. The SMILES string of the molecule is CC[C@H]1[C@H]([C@H](C)C/C(C)=C/I)O[Si](C(C)(C)C)(C(C)(C)C)O[C@@H]1[C@H](C)CO. The van der Waals surface area contributed by atoms with Crippen LogP contribution in [-0.2, 0) is 8.85 Å². The van der Waals surface area contributed by atoms with E-state index in [9.17, 15) is 5.11 Å². The van der Waals surface area contributed by atoms with Gasteiger partial charge in [-0.2, -0.15) is 0 Å². The zero-order valence-corrected chi connectivity index (χ0v) is 22.4. The minimum absolute atomic E-state index is 0.0511. The summed E-state index contributed by atoms with van der Waals surface area (Å²) in [6.07, 6.45) is 2.27. The first-order valence-corrected chi connectivity index (χ1v) is 13.5. The molecular formula is C22H43IO3Si. The molecule has 1 heterocycles. The summed E-state index contributed by atoms with van der Waals surface area (Å²) in [5.41, 5.74) is 1.40. The van der Waals surface area contributed by atoms with E-state index in [2.05, 4.69) is 95.9 Å². The molecule has 0 aromatic rings. The van der Waals surface area contributed by atoms with Crippen molar-refractivity contribution in [1.29, 1.82) is 0 Å². The fourth-order valence-corrected chi connectivity index (χ4v) is 10.5. The predicted molar refractivity (Wildman–Crippen MR) is 127 cm³/mol. The Kier molecular flexibility index (Phi) is 9.09. The van der Waals surface area contributed by atoms with Gasteiger partial charge in [-0.3, -0.25) is 0 Å². The molecule has 0 spiro atoms. The van der Waals surface area contributed by atoms with E-state index in [1.807, 2.05) is 0 Å². The third-order valence-corrected chi connectivity index (χ3v) is 12.4. The molecule has 0 amide bonds. The van der Waals surface area contributed by atoms with Crippen molar-refractivity contribution >= 4 is 31.2 Å². The summed E-state index contributed by atoms with van der Waals surface area (Å²) in [6, 6.07) is 0. The summed E-state index contributed by atoms with van der Waals surface area (Å²) >= 11 is 2.33. The number of rotatable bonds is 6. The maximum atomic E-state index is 9.97. The standard InChI is InChI=1S/C22H43IO3Si/c1-11-18-19(16(3)12-15(2)13-23)25-27(21(5,6)7,22(8,9)10)26-20(18)17(4)14-24/h13,16-20,24H,11-12,14H2,1-10H3/b15-13+/t16-,17-,18+,19+,20-/m1/s1. The summed E-state index contributed by atoms with van der Waals surface area (Å²) in [6.45, 7) is 22.7. The Bertz CT molecular complexity index is 493. The number of aliphatic hydroxyl groups is 1. The molecule has 0 aromatic carbocycles. The second-order valence-electron chi connectivity index (χ2n) is 10.7. The first-order chi connectivity index (χ1) is 12.3. The topological polar surface area (TPSA) is 38.7 Å². The molecule has 0 aliphatic carbocycles. The molecule has 160 valence electrons. The van der Waals surface area contributed by atoms with Crippen molar-refractivity contribution in [3.63, 3.8) is 0 Å². The summed E-state index contributed by atoms with van der Waals surface area (Å²) < 4.78 is 16.3. The molecule has 1 fully saturated rings. The summed E-state index contributed by atoms with van der Waals surface area (Å²) in [5, 5.41) is 9.86. The van der Waals surface area contributed by atoms with Gasteiger partial charge in [-0.15, -0.1) is 0 Å². The van der Waals surface area contributed by atoms with Crippen molar-refractivity contribution in [2.45, 2.75) is 104 Å². The molecule has 0 aromatic heterocycles. The quantitative estimate of drug-likeness (QED) is 0.314. The van der Waals surface area contributed by atoms with E-state index in [4.69, 9.17) is 8.85 Å². The molecule has 0 bridgehead atoms. The number of halogens is 1. The van der Waals surface area contributed by atoms with Gasteiger partial charge in [-0.25, -0.2) is 0 Å². The molecule has 0 saturated carbocycles. The van der Waals surface area contributed by atoms with Crippen molar-refractivity contribution in [2.75, 3.05) is 6.61 Å². The third-order valence-electron chi connectivity index (χ3n) is 6.13. The molecule has 0 unspecified atom stereocenters. The molecule has 1 N–H and O–H groups in total. The van der Waals surface area contributed by atoms with Crippen LogP contribution in [0.25, 0.3) is 0 Å². The highest BCUT2D eigenvalue weighted by Gasteiger charge is 2.64. The van der Waals surface area contributed by atoms with Crippen LogP contribution in [-0.4, -0.2) is 32.5 Å². The fraction of sp³-hybridized carbons (Fsp3) is 0.909. The van der Waals surface area contributed by atoms with Gasteiger partial charge >= 0.3 is 8.56 Å². The molecule has 5 atom stereocenters. The molecular weight excluding hydrogens is 467 g/mol. The van der Waals surface area contributed by atoms with Crippen LogP contribution in [0.3, 0.4) is 0 Å². The van der Waals surface area contributed by atoms with Crippen molar-refractivity contribution in [3.05, 3.63) is 9.66 Å². The number of hydrogen-bond donors (Lipinski definition) is 1. The Morgan fingerprint density at radius 3 is 1.81 bits per heavy atom. The Labute approximate surface area is 183 Å². The maximum Gasteiger partial charge on any atom is 0.349 e. The first kappa shape index (κ1) is 25.6. The van der Waals surface area contributed by atoms with Gasteiger partial charge in [0.15, 0.2) is 0 Å². The fourth-order valence-electron chi connectivity index (χ4n) is 4.92. The van der Waals surface area contributed by atoms with Crippen LogP contribution in [0.2, 0.25) is 10.1 Å². The van der Waals surface area contributed by atoms with Crippen molar-refractivity contribution in [3.8, 4) is 0 Å². The Morgan fingerprint density at radius 2 is 1.48 bits per heavy atom. The lowest BCUT2D eigenvalue weighted by Crippen LogP contribution is -2.68. The summed E-state index contributed by atoms with van der Waals surface area (Å²) in [4.78, 5) is 0. The molecule has 1 aliphatic rings. The predicted octanol–water partition coefficient (Wildman–Crippen LogP) is 6.83. The number of hydrogen-bond acceptors (Lipinski definition) is 3. The van der Waals surface area contributed by atoms with Crippen LogP contribution in [0.15, 0.2) is 9.66 Å². The monoisotopic (exact) mass is 510 g/mol. The van der Waals surface area contributed by atoms with Gasteiger partial charge in [0, 0.05) is 28.5 Å². The van der Waals surface area contributed by atoms with Gasteiger partial charge in [0.2, 0.25) is 0 Å². The van der Waals surface area contributed by atoms with Gasteiger partial charge in [0.25, 0.3) is 0 Å². The van der Waals surface area contributed by atoms with E-state index in [1.165, 1.54) is 5.57 Å². The van der Waals surface area contributed by atoms with Crippen LogP contribution in [0.1, 0.15) is 82.1 Å². The van der Waals surface area contributed by atoms with Crippen molar-refractivity contribution in [1.82, 2.24) is 0 Å². The van der Waals surface area contributed by atoms with Gasteiger partial charge < -0.3 is 14.0 Å².